The van der Waals surface area contributed by atoms with Crippen LogP contribution >= 0.6 is 11.3 Å². The van der Waals surface area contributed by atoms with E-state index in [0.717, 1.165) is 22.0 Å². The van der Waals surface area contributed by atoms with Gasteiger partial charge in [-0.3, -0.25) is 9.36 Å². The first-order valence-corrected chi connectivity index (χ1v) is 8.90. The molecular formula is C19H15N5OS. The number of hydrogen-bond donors (Lipinski definition) is 1. The lowest BCUT2D eigenvalue weighted by Gasteiger charge is -2.05. The second-order valence-corrected chi connectivity index (χ2v) is 6.44. The molecule has 128 valence electrons. The number of pyridine rings is 1. The Morgan fingerprint density at radius 2 is 2.04 bits per heavy atom. The molecule has 0 saturated carbocycles. The molecule has 1 N–H and O–H groups in total. The Morgan fingerprint density at radius 3 is 2.77 bits per heavy atom. The average Bonchev–Trinajstić information content (AvgIpc) is 3.39. The van der Waals surface area contributed by atoms with Crippen LogP contribution in [0.25, 0.3) is 16.4 Å². The highest BCUT2D eigenvalue weighted by atomic mass is 32.1. The summed E-state index contributed by atoms with van der Waals surface area (Å²) in [5.74, 6) is 0.590. The van der Waals surface area contributed by atoms with Crippen molar-refractivity contribution < 1.29 is 4.79 Å². The lowest BCUT2D eigenvalue weighted by Crippen LogP contribution is -2.23. The monoisotopic (exact) mass is 361 g/mol. The molecule has 0 unspecified atom stereocenters. The van der Waals surface area contributed by atoms with E-state index in [0.29, 0.717) is 12.2 Å². The molecule has 4 aromatic rings. The number of thiazole rings is 1. The third-order valence-corrected chi connectivity index (χ3v) is 4.68. The van der Waals surface area contributed by atoms with Crippen LogP contribution in [0.5, 0.6) is 0 Å². The fraction of sp³-hybridized carbons (Fsp3) is 0.0526. The SMILES string of the molecule is O=C(NCc1ccc(-n2ccnc2)nc1)c1csc(-c2ccccc2)n1. The highest BCUT2D eigenvalue weighted by molar-refractivity contribution is 7.13. The first kappa shape index (κ1) is 16.2. The van der Waals surface area contributed by atoms with Crippen LogP contribution < -0.4 is 5.32 Å². The van der Waals surface area contributed by atoms with Gasteiger partial charge in [-0.15, -0.1) is 11.3 Å². The summed E-state index contributed by atoms with van der Waals surface area (Å²) in [5.41, 5.74) is 2.36. The summed E-state index contributed by atoms with van der Waals surface area (Å²) in [7, 11) is 0. The van der Waals surface area contributed by atoms with Gasteiger partial charge in [0.2, 0.25) is 0 Å². The van der Waals surface area contributed by atoms with E-state index in [-0.39, 0.29) is 5.91 Å². The van der Waals surface area contributed by atoms with E-state index in [9.17, 15) is 4.79 Å². The number of amides is 1. The van der Waals surface area contributed by atoms with Gasteiger partial charge in [0.1, 0.15) is 22.8 Å². The van der Waals surface area contributed by atoms with Crippen molar-refractivity contribution in [3.63, 3.8) is 0 Å². The molecule has 0 fully saturated rings. The molecule has 6 nitrogen and oxygen atoms in total. The van der Waals surface area contributed by atoms with Crippen molar-refractivity contribution in [2.45, 2.75) is 6.54 Å². The summed E-state index contributed by atoms with van der Waals surface area (Å²) >= 11 is 1.46. The minimum Gasteiger partial charge on any atom is -0.347 e. The molecule has 0 saturated heterocycles. The summed E-state index contributed by atoms with van der Waals surface area (Å²) in [4.78, 5) is 25.1. The number of imidazole rings is 1. The van der Waals surface area contributed by atoms with Crippen molar-refractivity contribution in [1.29, 1.82) is 0 Å². The Kier molecular flexibility index (Phi) is 4.53. The van der Waals surface area contributed by atoms with Gasteiger partial charge in [0.05, 0.1) is 0 Å². The number of benzene rings is 1. The first-order valence-electron chi connectivity index (χ1n) is 8.02. The molecule has 0 aliphatic heterocycles. The van der Waals surface area contributed by atoms with Crippen LogP contribution in [0, 0.1) is 0 Å². The largest absolute Gasteiger partial charge is 0.347 e. The van der Waals surface area contributed by atoms with Gasteiger partial charge in [-0.1, -0.05) is 36.4 Å². The van der Waals surface area contributed by atoms with Crippen molar-refractivity contribution in [2.75, 3.05) is 0 Å². The third-order valence-electron chi connectivity index (χ3n) is 3.79. The van der Waals surface area contributed by atoms with Crippen LogP contribution in [0.2, 0.25) is 0 Å². The lowest BCUT2D eigenvalue weighted by atomic mass is 10.2. The van der Waals surface area contributed by atoms with Crippen molar-refractivity contribution in [2.24, 2.45) is 0 Å². The molecule has 7 heteroatoms. The third kappa shape index (κ3) is 3.52. The molecule has 1 aromatic carbocycles. The molecular weight excluding hydrogens is 346 g/mol. The van der Waals surface area contributed by atoms with Crippen LogP contribution in [0.15, 0.2) is 72.8 Å². The summed E-state index contributed by atoms with van der Waals surface area (Å²) in [6.45, 7) is 0.397. The molecule has 26 heavy (non-hydrogen) atoms. The maximum Gasteiger partial charge on any atom is 0.271 e. The fourth-order valence-electron chi connectivity index (χ4n) is 2.43. The first-order chi connectivity index (χ1) is 12.8. The molecule has 0 aliphatic rings. The molecule has 0 radical (unpaired) electrons. The quantitative estimate of drug-likeness (QED) is 0.592. The number of carbonyl (C=O) groups is 1. The van der Waals surface area contributed by atoms with Crippen molar-refractivity contribution >= 4 is 17.2 Å². The topological polar surface area (TPSA) is 72.7 Å². The molecule has 4 rings (SSSR count). The number of rotatable bonds is 5. The molecule has 3 heterocycles. The number of nitrogens with zero attached hydrogens (tertiary/aromatic N) is 4. The number of nitrogens with one attached hydrogen (secondary N) is 1. The standard InChI is InChI=1S/C19H15N5OS/c25-18(16-12-26-19(23-16)15-4-2-1-3-5-15)22-11-14-6-7-17(21-10-14)24-9-8-20-13-24/h1-10,12-13H,11H2,(H,22,25). The maximum absolute atomic E-state index is 12.3. The van der Waals surface area contributed by atoms with Crippen LogP contribution in [0.4, 0.5) is 0 Å². The van der Waals surface area contributed by atoms with Crippen molar-refractivity contribution in [3.8, 4) is 16.4 Å². The van der Waals surface area contributed by atoms with Gasteiger partial charge in [-0.2, -0.15) is 0 Å². The van der Waals surface area contributed by atoms with E-state index in [4.69, 9.17) is 0 Å². The van der Waals surface area contributed by atoms with Crippen molar-refractivity contribution in [1.82, 2.24) is 24.8 Å². The Morgan fingerprint density at radius 1 is 1.15 bits per heavy atom. The van der Waals surface area contributed by atoms with Gasteiger partial charge in [0.15, 0.2) is 0 Å². The molecule has 0 bridgehead atoms. The highest BCUT2D eigenvalue weighted by Crippen LogP contribution is 2.23. The summed E-state index contributed by atoms with van der Waals surface area (Å²) in [6, 6.07) is 13.6. The minimum atomic E-state index is -0.192. The number of carbonyl (C=O) groups excluding carboxylic acids is 1. The van der Waals surface area contributed by atoms with Gasteiger partial charge in [-0.05, 0) is 11.6 Å². The Balaban J connectivity index is 1.39. The van der Waals surface area contributed by atoms with Crippen LogP contribution in [-0.2, 0) is 6.54 Å². The predicted molar refractivity (Wildman–Crippen MR) is 100 cm³/mol. The molecule has 3 aromatic heterocycles. The lowest BCUT2D eigenvalue weighted by molar-refractivity contribution is 0.0946. The zero-order valence-corrected chi connectivity index (χ0v) is 14.6. The second-order valence-electron chi connectivity index (χ2n) is 5.58. The highest BCUT2D eigenvalue weighted by Gasteiger charge is 2.11. The summed E-state index contributed by atoms with van der Waals surface area (Å²) < 4.78 is 1.82. The Bertz CT molecular complexity index is 994. The molecule has 0 atom stereocenters. The van der Waals surface area contributed by atoms with E-state index >= 15 is 0 Å². The van der Waals surface area contributed by atoms with E-state index in [1.807, 2.05) is 53.2 Å². The number of aromatic nitrogens is 4. The zero-order chi connectivity index (χ0) is 17.8. The molecule has 0 spiro atoms. The summed E-state index contributed by atoms with van der Waals surface area (Å²) in [5, 5.41) is 5.49. The summed E-state index contributed by atoms with van der Waals surface area (Å²) in [6.07, 6.45) is 6.96. The molecule has 0 aliphatic carbocycles. The van der Waals surface area contributed by atoms with Gasteiger partial charge >= 0.3 is 0 Å². The fourth-order valence-corrected chi connectivity index (χ4v) is 3.24. The normalized spacial score (nSPS) is 10.6. The van der Waals surface area contributed by atoms with Gasteiger partial charge in [0, 0.05) is 36.1 Å². The average molecular weight is 361 g/mol. The van der Waals surface area contributed by atoms with Gasteiger partial charge < -0.3 is 5.32 Å². The second kappa shape index (κ2) is 7.28. The minimum absolute atomic E-state index is 0.192. The van der Waals surface area contributed by atoms with E-state index in [2.05, 4.69) is 20.3 Å². The Hall–Kier alpha value is -3.32. The van der Waals surface area contributed by atoms with E-state index in [1.165, 1.54) is 11.3 Å². The van der Waals surface area contributed by atoms with E-state index < -0.39 is 0 Å². The van der Waals surface area contributed by atoms with Crippen molar-refractivity contribution in [3.05, 3.63) is 84.0 Å². The maximum atomic E-state index is 12.3. The van der Waals surface area contributed by atoms with Crippen LogP contribution in [-0.4, -0.2) is 25.4 Å². The predicted octanol–water partition coefficient (Wildman–Crippen LogP) is 3.32. The van der Waals surface area contributed by atoms with Gasteiger partial charge in [0.25, 0.3) is 5.91 Å². The molecule has 1 amide bonds. The zero-order valence-electron chi connectivity index (χ0n) is 13.7. The van der Waals surface area contributed by atoms with Crippen LogP contribution in [0.1, 0.15) is 16.1 Å². The smallest absolute Gasteiger partial charge is 0.271 e. The van der Waals surface area contributed by atoms with Crippen LogP contribution in [0.3, 0.4) is 0 Å². The number of hydrogen-bond acceptors (Lipinski definition) is 5. The Labute approximate surface area is 154 Å². The van der Waals surface area contributed by atoms with Gasteiger partial charge in [-0.25, -0.2) is 15.0 Å². The van der Waals surface area contributed by atoms with E-state index in [1.54, 1.807) is 24.1 Å².